The number of benzene rings is 1. The molecule has 62 valence electrons. The zero-order valence-electron chi connectivity index (χ0n) is 7.00. The number of nitrogens with one attached hydrogen (secondary N) is 1. The molecular formula is C10H11NO. The minimum Gasteiger partial charge on any atom is -0.326 e. The third-order valence-electron chi connectivity index (χ3n) is 1.49. The maximum absolute atomic E-state index is 10.7. The highest BCUT2D eigenvalue weighted by Gasteiger charge is 1.97. The molecular weight excluding hydrogens is 150 g/mol. The van der Waals surface area contributed by atoms with Crippen molar-refractivity contribution in [3.8, 4) is 0 Å². The van der Waals surface area contributed by atoms with Gasteiger partial charge in [-0.3, -0.25) is 4.79 Å². The molecule has 1 aromatic rings. The van der Waals surface area contributed by atoms with Gasteiger partial charge in [0.25, 0.3) is 0 Å². The summed E-state index contributed by atoms with van der Waals surface area (Å²) >= 11 is 0. The van der Waals surface area contributed by atoms with E-state index in [0.717, 1.165) is 11.3 Å². The summed E-state index contributed by atoms with van der Waals surface area (Å²) in [6, 6.07) is 7.53. The molecule has 1 rings (SSSR count). The van der Waals surface area contributed by atoms with E-state index in [4.69, 9.17) is 0 Å². The molecule has 2 heteroatoms. The summed E-state index contributed by atoms with van der Waals surface area (Å²) in [6.45, 7) is 5.13. The Morgan fingerprint density at radius 3 is 2.75 bits per heavy atom. The van der Waals surface area contributed by atoms with Gasteiger partial charge in [-0.1, -0.05) is 30.9 Å². The van der Waals surface area contributed by atoms with Crippen molar-refractivity contribution in [3.05, 3.63) is 36.4 Å². The van der Waals surface area contributed by atoms with E-state index in [-0.39, 0.29) is 5.91 Å². The molecule has 12 heavy (non-hydrogen) atoms. The van der Waals surface area contributed by atoms with Crippen molar-refractivity contribution in [2.75, 3.05) is 5.32 Å². The fourth-order valence-electron chi connectivity index (χ4n) is 0.978. The van der Waals surface area contributed by atoms with Gasteiger partial charge in [0.2, 0.25) is 5.91 Å². The fraction of sp³-hybridized carbons (Fsp3) is 0.100. The lowest BCUT2D eigenvalue weighted by Gasteiger charge is -2.04. The van der Waals surface area contributed by atoms with Crippen LogP contribution >= 0.6 is 0 Å². The van der Waals surface area contributed by atoms with E-state index in [1.165, 1.54) is 6.92 Å². The first-order chi connectivity index (χ1) is 5.74. The van der Waals surface area contributed by atoms with Crippen LogP contribution in [0.25, 0.3) is 6.08 Å². The van der Waals surface area contributed by atoms with Crippen LogP contribution < -0.4 is 5.32 Å². The van der Waals surface area contributed by atoms with Crippen LogP contribution in [-0.4, -0.2) is 5.91 Å². The summed E-state index contributed by atoms with van der Waals surface area (Å²) < 4.78 is 0. The number of para-hydroxylation sites is 1. The van der Waals surface area contributed by atoms with Gasteiger partial charge in [-0.25, -0.2) is 0 Å². The molecule has 0 atom stereocenters. The van der Waals surface area contributed by atoms with E-state index in [0.29, 0.717) is 0 Å². The second-order valence-electron chi connectivity index (χ2n) is 2.47. The molecule has 1 N–H and O–H groups in total. The lowest BCUT2D eigenvalue weighted by Crippen LogP contribution is -2.06. The smallest absolute Gasteiger partial charge is 0.221 e. The second kappa shape index (κ2) is 3.72. The summed E-state index contributed by atoms with van der Waals surface area (Å²) in [6.07, 6.45) is 1.71. The second-order valence-corrected chi connectivity index (χ2v) is 2.47. The van der Waals surface area contributed by atoms with Crippen LogP contribution in [0.5, 0.6) is 0 Å². The first-order valence-corrected chi connectivity index (χ1v) is 3.73. The van der Waals surface area contributed by atoms with E-state index < -0.39 is 0 Å². The van der Waals surface area contributed by atoms with Gasteiger partial charge < -0.3 is 5.32 Å². The number of anilines is 1. The number of carbonyl (C=O) groups is 1. The highest BCUT2D eigenvalue weighted by molar-refractivity contribution is 5.91. The third kappa shape index (κ3) is 1.95. The Morgan fingerprint density at radius 2 is 2.17 bits per heavy atom. The van der Waals surface area contributed by atoms with E-state index in [2.05, 4.69) is 11.9 Å². The molecule has 0 bridgehead atoms. The monoisotopic (exact) mass is 161 g/mol. The number of hydrogen-bond donors (Lipinski definition) is 1. The van der Waals surface area contributed by atoms with Crippen molar-refractivity contribution in [3.63, 3.8) is 0 Å². The Balaban J connectivity index is 2.96. The number of hydrogen-bond acceptors (Lipinski definition) is 1. The molecule has 0 aliphatic rings. The van der Waals surface area contributed by atoms with Crippen molar-refractivity contribution in [2.24, 2.45) is 0 Å². The molecule has 1 aromatic carbocycles. The van der Waals surface area contributed by atoms with Crippen molar-refractivity contribution < 1.29 is 4.79 Å². The van der Waals surface area contributed by atoms with Gasteiger partial charge in [0.05, 0.1) is 0 Å². The normalized spacial score (nSPS) is 9.08. The molecule has 0 heterocycles. The Labute approximate surface area is 71.9 Å². The van der Waals surface area contributed by atoms with Crippen LogP contribution in [0.3, 0.4) is 0 Å². The average molecular weight is 161 g/mol. The fourth-order valence-corrected chi connectivity index (χ4v) is 0.978. The minimum atomic E-state index is -0.0655. The Bertz CT molecular complexity index is 304. The van der Waals surface area contributed by atoms with Gasteiger partial charge in [-0.05, 0) is 11.6 Å². The van der Waals surface area contributed by atoms with Crippen molar-refractivity contribution in [1.29, 1.82) is 0 Å². The highest BCUT2D eigenvalue weighted by atomic mass is 16.1. The van der Waals surface area contributed by atoms with E-state index in [1.807, 2.05) is 24.3 Å². The molecule has 0 fully saturated rings. The Hall–Kier alpha value is -1.57. The number of rotatable bonds is 2. The van der Waals surface area contributed by atoms with Crippen LogP contribution in [0.4, 0.5) is 5.69 Å². The van der Waals surface area contributed by atoms with Crippen LogP contribution in [-0.2, 0) is 4.79 Å². The maximum Gasteiger partial charge on any atom is 0.221 e. The topological polar surface area (TPSA) is 29.1 Å². The zero-order valence-corrected chi connectivity index (χ0v) is 7.00. The van der Waals surface area contributed by atoms with Gasteiger partial charge in [-0.2, -0.15) is 0 Å². The molecule has 0 unspecified atom stereocenters. The molecule has 0 aliphatic carbocycles. The summed E-state index contributed by atoms with van der Waals surface area (Å²) in [4.78, 5) is 10.7. The van der Waals surface area contributed by atoms with E-state index in [9.17, 15) is 4.79 Å². The lowest BCUT2D eigenvalue weighted by molar-refractivity contribution is -0.114. The van der Waals surface area contributed by atoms with Gasteiger partial charge in [0.15, 0.2) is 0 Å². The quantitative estimate of drug-likeness (QED) is 0.708. The van der Waals surface area contributed by atoms with Crippen LogP contribution in [0.2, 0.25) is 0 Å². The molecule has 0 spiro atoms. The SMILES string of the molecule is C=Cc1ccccc1NC(C)=O. The van der Waals surface area contributed by atoms with E-state index >= 15 is 0 Å². The molecule has 1 amide bonds. The first-order valence-electron chi connectivity index (χ1n) is 3.73. The predicted molar refractivity (Wildman–Crippen MR) is 50.8 cm³/mol. The standard InChI is InChI=1S/C10H11NO/c1-3-9-6-4-5-7-10(9)11-8(2)12/h3-7H,1H2,2H3,(H,11,12). The molecule has 0 aromatic heterocycles. The Kier molecular flexibility index (Phi) is 2.64. The van der Waals surface area contributed by atoms with Crippen LogP contribution in [0, 0.1) is 0 Å². The molecule has 0 radical (unpaired) electrons. The summed E-state index contributed by atoms with van der Waals surface area (Å²) in [5, 5.41) is 2.71. The van der Waals surface area contributed by atoms with Crippen LogP contribution in [0.1, 0.15) is 12.5 Å². The van der Waals surface area contributed by atoms with Gasteiger partial charge in [-0.15, -0.1) is 0 Å². The first kappa shape index (κ1) is 8.53. The van der Waals surface area contributed by atoms with Gasteiger partial charge in [0, 0.05) is 12.6 Å². The van der Waals surface area contributed by atoms with E-state index in [1.54, 1.807) is 6.08 Å². The van der Waals surface area contributed by atoms with Crippen molar-refractivity contribution in [1.82, 2.24) is 0 Å². The Morgan fingerprint density at radius 1 is 1.50 bits per heavy atom. The molecule has 2 nitrogen and oxygen atoms in total. The lowest BCUT2D eigenvalue weighted by atomic mass is 10.2. The molecule has 0 aliphatic heterocycles. The van der Waals surface area contributed by atoms with Crippen molar-refractivity contribution in [2.45, 2.75) is 6.92 Å². The van der Waals surface area contributed by atoms with Gasteiger partial charge in [0.1, 0.15) is 0 Å². The summed E-state index contributed by atoms with van der Waals surface area (Å²) in [5.74, 6) is -0.0655. The maximum atomic E-state index is 10.7. The zero-order chi connectivity index (χ0) is 8.97. The third-order valence-corrected chi connectivity index (χ3v) is 1.49. The van der Waals surface area contributed by atoms with Crippen molar-refractivity contribution >= 4 is 17.7 Å². The van der Waals surface area contributed by atoms with Crippen LogP contribution in [0.15, 0.2) is 30.8 Å². The largest absolute Gasteiger partial charge is 0.326 e. The highest BCUT2D eigenvalue weighted by Crippen LogP contribution is 2.15. The summed E-state index contributed by atoms with van der Waals surface area (Å²) in [5.41, 5.74) is 1.74. The number of amides is 1. The number of carbonyl (C=O) groups excluding carboxylic acids is 1. The van der Waals surface area contributed by atoms with Gasteiger partial charge >= 0.3 is 0 Å². The summed E-state index contributed by atoms with van der Waals surface area (Å²) in [7, 11) is 0. The average Bonchev–Trinajstić information content (AvgIpc) is 2.04. The predicted octanol–water partition coefficient (Wildman–Crippen LogP) is 2.29. The molecule has 0 saturated heterocycles. The molecule has 0 saturated carbocycles. The minimum absolute atomic E-state index is 0.0655.